The van der Waals surface area contributed by atoms with Gasteiger partial charge in [0, 0.05) is 17.8 Å². The van der Waals surface area contributed by atoms with Crippen LogP contribution in [0.4, 0.5) is 9.18 Å². The minimum Gasteiger partial charge on any atom is -0.466 e. The SMILES string of the molecule is C=CCN1C(=O)N[C@H](c2ccccc2F)C(C(=O)OC)=C1C. The molecule has 1 heterocycles. The molecule has 0 spiro atoms. The molecule has 1 aliphatic rings. The standard InChI is InChI=1S/C16H17FN2O3/c1-4-9-19-10(2)13(15(20)22-3)14(18-16(19)21)11-7-5-6-8-12(11)17/h4-8,14H,1,9H2,2-3H3,(H,18,21)/t14-/m1/s1. The van der Waals surface area contributed by atoms with Crippen LogP contribution in [0.5, 0.6) is 0 Å². The number of hydrogen-bond donors (Lipinski definition) is 1. The number of amides is 2. The van der Waals surface area contributed by atoms with Crippen molar-refractivity contribution in [3.05, 3.63) is 59.6 Å². The van der Waals surface area contributed by atoms with E-state index in [0.717, 1.165) is 0 Å². The van der Waals surface area contributed by atoms with Crippen molar-refractivity contribution in [1.29, 1.82) is 0 Å². The molecule has 2 rings (SSSR count). The number of halogens is 1. The lowest BCUT2D eigenvalue weighted by Crippen LogP contribution is -2.48. The van der Waals surface area contributed by atoms with Gasteiger partial charge in [0.1, 0.15) is 5.82 Å². The van der Waals surface area contributed by atoms with Gasteiger partial charge in [-0.3, -0.25) is 4.90 Å². The van der Waals surface area contributed by atoms with E-state index in [0.29, 0.717) is 5.70 Å². The van der Waals surface area contributed by atoms with Gasteiger partial charge in [0.15, 0.2) is 0 Å². The van der Waals surface area contributed by atoms with Crippen molar-refractivity contribution in [1.82, 2.24) is 10.2 Å². The molecular weight excluding hydrogens is 287 g/mol. The molecule has 2 amide bonds. The van der Waals surface area contributed by atoms with Crippen LogP contribution in [-0.4, -0.2) is 30.6 Å². The summed E-state index contributed by atoms with van der Waals surface area (Å²) < 4.78 is 18.8. The number of urea groups is 1. The fourth-order valence-corrected chi connectivity index (χ4v) is 2.45. The molecule has 0 radical (unpaired) electrons. The summed E-state index contributed by atoms with van der Waals surface area (Å²) in [6, 6.07) is 4.69. The van der Waals surface area contributed by atoms with Gasteiger partial charge >= 0.3 is 12.0 Å². The van der Waals surface area contributed by atoms with Gasteiger partial charge in [0.05, 0.1) is 18.7 Å². The van der Waals surface area contributed by atoms with Gasteiger partial charge in [-0.15, -0.1) is 6.58 Å². The largest absolute Gasteiger partial charge is 0.466 e. The van der Waals surface area contributed by atoms with Crippen LogP contribution in [0.2, 0.25) is 0 Å². The van der Waals surface area contributed by atoms with E-state index in [1.165, 1.54) is 24.1 Å². The summed E-state index contributed by atoms with van der Waals surface area (Å²) in [5.74, 6) is -1.11. The predicted octanol–water partition coefficient (Wildman–Crippen LogP) is 2.53. The highest BCUT2D eigenvalue weighted by molar-refractivity contribution is 5.95. The minimum absolute atomic E-state index is 0.203. The van der Waals surface area contributed by atoms with E-state index in [2.05, 4.69) is 11.9 Å². The number of hydrogen-bond acceptors (Lipinski definition) is 3. The second kappa shape index (κ2) is 6.43. The van der Waals surface area contributed by atoms with Crippen LogP contribution in [0.3, 0.4) is 0 Å². The zero-order valence-electron chi connectivity index (χ0n) is 12.4. The third-order valence-electron chi connectivity index (χ3n) is 3.53. The molecule has 1 atom stereocenters. The average Bonchev–Trinajstić information content (AvgIpc) is 2.50. The molecule has 22 heavy (non-hydrogen) atoms. The van der Waals surface area contributed by atoms with Gasteiger partial charge in [-0.2, -0.15) is 0 Å². The van der Waals surface area contributed by atoms with Crippen LogP contribution in [0, 0.1) is 5.82 Å². The Morgan fingerprint density at radius 2 is 2.18 bits per heavy atom. The molecular formula is C16H17FN2O3. The van der Waals surface area contributed by atoms with E-state index in [4.69, 9.17) is 4.74 Å². The van der Waals surface area contributed by atoms with E-state index in [9.17, 15) is 14.0 Å². The molecule has 1 aromatic carbocycles. The quantitative estimate of drug-likeness (QED) is 0.687. The maximum absolute atomic E-state index is 14.1. The molecule has 0 aliphatic carbocycles. The second-order valence-electron chi connectivity index (χ2n) is 4.79. The molecule has 5 nitrogen and oxygen atoms in total. The van der Waals surface area contributed by atoms with Crippen LogP contribution >= 0.6 is 0 Å². The molecule has 116 valence electrons. The number of nitrogens with one attached hydrogen (secondary N) is 1. The first-order valence-corrected chi connectivity index (χ1v) is 6.73. The van der Waals surface area contributed by atoms with E-state index in [-0.39, 0.29) is 17.7 Å². The summed E-state index contributed by atoms with van der Waals surface area (Å²) in [4.78, 5) is 25.7. The van der Waals surface area contributed by atoms with Crippen LogP contribution in [-0.2, 0) is 9.53 Å². The van der Waals surface area contributed by atoms with E-state index in [1.54, 1.807) is 25.1 Å². The van der Waals surface area contributed by atoms with Crippen molar-refractivity contribution in [2.45, 2.75) is 13.0 Å². The number of nitrogens with zero attached hydrogens (tertiary/aromatic N) is 1. The molecule has 1 aliphatic heterocycles. The molecule has 0 unspecified atom stereocenters. The number of allylic oxidation sites excluding steroid dienone is 1. The Morgan fingerprint density at radius 1 is 1.50 bits per heavy atom. The van der Waals surface area contributed by atoms with Crippen molar-refractivity contribution in [3.63, 3.8) is 0 Å². The zero-order valence-corrected chi connectivity index (χ0v) is 12.4. The number of benzene rings is 1. The fourth-order valence-electron chi connectivity index (χ4n) is 2.45. The van der Waals surface area contributed by atoms with Crippen molar-refractivity contribution in [2.75, 3.05) is 13.7 Å². The first-order chi connectivity index (χ1) is 10.5. The highest BCUT2D eigenvalue weighted by Gasteiger charge is 2.36. The van der Waals surface area contributed by atoms with E-state index in [1.807, 2.05) is 0 Å². The first kappa shape index (κ1) is 15.8. The minimum atomic E-state index is -0.887. The Hall–Kier alpha value is -2.63. The monoisotopic (exact) mass is 304 g/mol. The first-order valence-electron chi connectivity index (χ1n) is 6.73. The number of carbonyl (C=O) groups excluding carboxylic acids is 2. The number of methoxy groups -OCH3 is 1. The Kier molecular flexibility index (Phi) is 4.60. The molecule has 6 heteroatoms. The lowest BCUT2D eigenvalue weighted by Gasteiger charge is -2.34. The van der Waals surface area contributed by atoms with Gasteiger partial charge in [0.25, 0.3) is 0 Å². The summed E-state index contributed by atoms with van der Waals surface area (Å²) >= 11 is 0. The predicted molar refractivity (Wildman–Crippen MR) is 79.3 cm³/mol. The third kappa shape index (κ3) is 2.72. The summed E-state index contributed by atoms with van der Waals surface area (Å²) in [7, 11) is 1.25. The Labute approximate surface area is 128 Å². The Morgan fingerprint density at radius 3 is 2.77 bits per heavy atom. The van der Waals surface area contributed by atoms with Gasteiger partial charge in [-0.05, 0) is 13.0 Å². The van der Waals surface area contributed by atoms with Crippen molar-refractivity contribution < 1.29 is 18.7 Å². The number of carbonyl (C=O) groups is 2. The van der Waals surface area contributed by atoms with Gasteiger partial charge in [-0.1, -0.05) is 24.3 Å². The topological polar surface area (TPSA) is 58.6 Å². The Bertz CT molecular complexity index is 655. The third-order valence-corrected chi connectivity index (χ3v) is 3.53. The van der Waals surface area contributed by atoms with Crippen LogP contribution in [0.15, 0.2) is 48.2 Å². The van der Waals surface area contributed by atoms with E-state index < -0.39 is 23.9 Å². The van der Waals surface area contributed by atoms with Crippen LogP contribution in [0.1, 0.15) is 18.5 Å². The van der Waals surface area contributed by atoms with Gasteiger partial charge in [0.2, 0.25) is 0 Å². The van der Waals surface area contributed by atoms with Crippen LogP contribution in [0.25, 0.3) is 0 Å². The molecule has 0 saturated carbocycles. The average molecular weight is 304 g/mol. The summed E-state index contributed by atoms with van der Waals surface area (Å²) in [6.07, 6.45) is 1.54. The molecule has 0 bridgehead atoms. The lowest BCUT2D eigenvalue weighted by atomic mass is 9.94. The maximum Gasteiger partial charge on any atom is 0.337 e. The number of ether oxygens (including phenoxy) is 1. The molecule has 1 N–H and O–H groups in total. The van der Waals surface area contributed by atoms with E-state index >= 15 is 0 Å². The summed E-state index contributed by atoms with van der Waals surface area (Å²) in [6.45, 7) is 5.45. The fraction of sp³-hybridized carbons (Fsp3) is 0.250. The summed E-state index contributed by atoms with van der Waals surface area (Å²) in [5.41, 5.74) is 0.839. The highest BCUT2D eigenvalue weighted by atomic mass is 19.1. The Balaban J connectivity index is 2.58. The second-order valence-corrected chi connectivity index (χ2v) is 4.79. The van der Waals surface area contributed by atoms with Gasteiger partial charge < -0.3 is 10.1 Å². The van der Waals surface area contributed by atoms with Crippen molar-refractivity contribution in [2.24, 2.45) is 0 Å². The molecule has 0 saturated heterocycles. The van der Waals surface area contributed by atoms with Crippen LogP contribution < -0.4 is 5.32 Å². The lowest BCUT2D eigenvalue weighted by molar-refractivity contribution is -0.136. The number of rotatable bonds is 4. The number of esters is 1. The van der Waals surface area contributed by atoms with Crippen molar-refractivity contribution >= 4 is 12.0 Å². The van der Waals surface area contributed by atoms with Gasteiger partial charge in [-0.25, -0.2) is 14.0 Å². The molecule has 0 fully saturated rings. The smallest absolute Gasteiger partial charge is 0.337 e. The molecule has 0 aromatic heterocycles. The summed E-state index contributed by atoms with van der Waals surface area (Å²) in [5, 5.41) is 2.64. The normalized spacial score (nSPS) is 18.0. The molecule has 1 aromatic rings. The maximum atomic E-state index is 14.1. The zero-order chi connectivity index (χ0) is 16.3. The highest BCUT2D eigenvalue weighted by Crippen LogP contribution is 2.32. The van der Waals surface area contributed by atoms with Crippen molar-refractivity contribution in [3.8, 4) is 0 Å².